The summed E-state index contributed by atoms with van der Waals surface area (Å²) < 4.78 is 33.4. The average Bonchev–Trinajstić information content (AvgIpc) is 3.38. The monoisotopic (exact) mass is 444 g/mol. The SMILES string of the molecule is CC1(C)Cc2oc(S(=O)(=O)NC(=O)Nc3c4c(cc5c3CCC5)CCC4)cc2C(O)C1. The van der Waals surface area contributed by atoms with E-state index < -0.39 is 22.2 Å². The van der Waals surface area contributed by atoms with Gasteiger partial charge in [-0.05, 0) is 72.6 Å². The van der Waals surface area contributed by atoms with E-state index in [4.69, 9.17) is 4.42 Å². The van der Waals surface area contributed by atoms with Gasteiger partial charge in [0, 0.05) is 23.7 Å². The lowest BCUT2D eigenvalue weighted by atomic mass is 9.76. The summed E-state index contributed by atoms with van der Waals surface area (Å²) in [4.78, 5) is 12.7. The van der Waals surface area contributed by atoms with Crippen LogP contribution in [0.5, 0.6) is 0 Å². The number of anilines is 1. The first-order valence-corrected chi connectivity index (χ1v) is 12.4. The number of furan rings is 1. The summed E-state index contributed by atoms with van der Waals surface area (Å²) in [6.07, 6.45) is 6.14. The molecular weight excluding hydrogens is 416 g/mol. The predicted octanol–water partition coefficient (Wildman–Crippen LogP) is 3.77. The van der Waals surface area contributed by atoms with Crippen molar-refractivity contribution in [1.82, 2.24) is 4.72 Å². The third kappa shape index (κ3) is 3.65. The molecule has 1 atom stereocenters. The van der Waals surface area contributed by atoms with Crippen LogP contribution in [0.1, 0.15) is 72.8 Å². The van der Waals surface area contributed by atoms with E-state index >= 15 is 0 Å². The van der Waals surface area contributed by atoms with Crippen molar-refractivity contribution in [3.63, 3.8) is 0 Å². The second-order valence-electron chi connectivity index (χ2n) is 9.80. The first kappa shape index (κ1) is 20.6. The van der Waals surface area contributed by atoms with E-state index in [0.29, 0.717) is 24.2 Å². The molecule has 31 heavy (non-hydrogen) atoms. The molecule has 0 saturated carbocycles. The topological polar surface area (TPSA) is 109 Å². The smallest absolute Gasteiger partial charge is 0.333 e. The number of aliphatic hydroxyl groups is 1. The van der Waals surface area contributed by atoms with E-state index in [1.54, 1.807) is 0 Å². The number of benzene rings is 1. The second-order valence-corrected chi connectivity index (χ2v) is 11.4. The summed E-state index contributed by atoms with van der Waals surface area (Å²) >= 11 is 0. The van der Waals surface area contributed by atoms with E-state index in [2.05, 4.69) is 16.1 Å². The summed E-state index contributed by atoms with van der Waals surface area (Å²) in [7, 11) is -4.20. The molecule has 1 heterocycles. The van der Waals surface area contributed by atoms with Crippen LogP contribution < -0.4 is 10.0 Å². The van der Waals surface area contributed by atoms with Crippen LogP contribution in [0.15, 0.2) is 21.6 Å². The van der Waals surface area contributed by atoms with E-state index in [0.717, 1.165) is 55.3 Å². The maximum Gasteiger partial charge on any atom is 0.333 e. The van der Waals surface area contributed by atoms with Crippen LogP contribution in [0.2, 0.25) is 0 Å². The van der Waals surface area contributed by atoms with Gasteiger partial charge >= 0.3 is 6.03 Å². The van der Waals surface area contributed by atoms with Gasteiger partial charge in [-0.15, -0.1) is 0 Å². The minimum atomic E-state index is -4.20. The number of carbonyl (C=O) groups is 1. The van der Waals surface area contributed by atoms with Crippen molar-refractivity contribution in [1.29, 1.82) is 0 Å². The Morgan fingerprint density at radius 1 is 1.10 bits per heavy atom. The molecule has 1 unspecified atom stereocenters. The standard InChI is InChI=1S/C23H28N2O5S/c1-23(2)11-18(26)17-10-20(30-19(17)12-23)31(28,29)25-22(27)24-21-15-7-3-5-13(15)9-14-6-4-8-16(14)21/h9-10,18,26H,3-8,11-12H2,1-2H3,(H2,24,25,27). The van der Waals surface area contributed by atoms with Crippen molar-refractivity contribution in [2.45, 2.75) is 76.4 Å². The maximum atomic E-state index is 12.8. The Labute approximate surface area is 182 Å². The van der Waals surface area contributed by atoms with Gasteiger partial charge in [-0.3, -0.25) is 0 Å². The zero-order valence-corrected chi connectivity index (χ0v) is 18.7. The molecule has 3 aliphatic rings. The molecule has 1 aromatic heterocycles. The number of aryl methyl sites for hydroxylation is 2. The van der Waals surface area contributed by atoms with Crippen LogP contribution in [0.3, 0.4) is 0 Å². The second kappa shape index (κ2) is 7.10. The predicted molar refractivity (Wildman–Crippen MR) is 116 cm³/mol. The highest BCUT2D eigenvalue weighted by Gasteiger charge is 2.36. The Kier molecular flexibility index (Phi) is 4.71. The van der Waals surface area contributed by atoms with Crippen LogP contribution in [0.25, 0.3) is 0 Å². The first-order valence-electron chi connectivity index (χ1n) is 10.9. The molecule has 3 aliphatic carbocycles. The fraction of sp³-hybridized carbons (Fsp3) is 0.522. The molecule has 8 heteroatoms. The lowest BCUT2D eigenvalue weighted by molar-refractivity contribution is 0.0926. The van der Waals surface area contributed by atoms with Gasteiger partial charge in [0.2, 0.25) is 5.09 Å². The number of sulfonamides is 1. The van der Waals surface area contributed by atoms with Gasteiger partial charge in [-0.1, -0.05) is 19.9 Å². The van der Waals surface area contributed by atoms with E-state index in [1.807, 2.05) is 13.8 Å². The van der Waals surface area contributed by atoms with E-state index in [1.165, 1.54) is 17.2 Å². The highest BCUT2D eigenvalue weighted by molar-refractivity contribution is 7.89. The number of rotatable bonds is 3. The molecule has 0 aliphatic heterocycles. The minimum Gasteiger partial charge on any atom is -0.447 e. The van der Waals surface area contributed by atoms with Crippen LogP contribution in [0.4, 0.5) is 10.5 Å². The molecule has 0 radical (unpaired) electrons. The molecular formula is C23H28N2O5S. The van der Waals surface area contributed by atoms with E-state index in [9.17, 15) is 18.3 Å². The molecule has 166 valence electrons. The van der Waals surface area contributed by atoms with Crippen molar-refractivity contribution in [3.8, 4) is 0 Å². The third-order valence-electron chi connectivity index (χ3n) is 6.77. The normalized spacial score (nSPS) is 21.3. The zero-order valence-electron chi connectivity index (χ0n) is 17.9. The van der Waals surface area contributed by atoms with Gasteiger partial charge in [0.05, 0.1) is 6.10 Å². The molecule has 0 saturated heterocycles. The molecule has 0 bridgehead atoms. The van der Waals surface area contributed by atoms with Gasteiger partial charge in [0.15, 0.2) is 0 Å². The molecule has 7 nitrogen and oxygen atoms in total. The lowest BCUT2D eigenvalue weighted by Gasteiger charge is -2.31. The molecule has 2 amide bonds. The summed E-state index contributed by atoms with van der Waals surface area (Å²) in [6, 6.07) is 2.80. The number of fused-ring (bicyclic) bond motifs is 3. The quantitative estimate of drug-likeness (QED) is 0.668. The Morgan fingerprint density at radius 2 is 1.74 bits per heavy atom. The van der Waals surface area contributed by atoms with Crippen molar-refractivity contribution < 1.29 is 22.7 Å². The van der Waals surface area contributed by atoms with Gasteiger partial charge in [-0.2, -0.15) is 8.42 Å². The fourth-order valence-electron chi connectivity index (χ4n) is 5.39. The van der Waals surface area contributed by atoms with Crippen LogP contribution in [0, 0.1) is 5.41 Å². The number of amides is 2. The maximum absolute atomic E-state index is 12.8. The molecule has 1 aromatic carbocycles. The molecule has 2 aromatic rings. The largest absolute Gasteiger partial charge is 0.447 e. The minimum absolute atomic E-state index is 0.190. The van der Waals surface area contributed by atoms with Crippen molar-refractivity contribution >= 4 is 21.7 Å². The van der Waals surface area contributed by atoms with Gasteiger partial charge in [0.1, 0.15) is 5.76 Å². The Balaban J connectivity index is 1.39. The van der Waals surface area contributed by atoms with Gasteiger partial charge in [0.25, 0.3) is 10.0 Å². The summed E-state index contributed by atoms with van der Waals surface area (Å²) in [6.45, 7) is 4.00. The van der Waals surface area contributed by atoms with Crippen LogP contribution in [-0.2, 0) is 42.1 Å². The number of urea groups is 1. The van der Waals surface area contributed by atoms with Crippen molar-refractivity contribution in [2.24, 2.45) is 5.41 Å². The zero-order chi connectivity index (χ0) is 22.0. The number of hydrogen-bond donors (Lipinski definition) is 3. The number of nitrogens with one attached hydrogen (secondary N) is 2. The summed E-state index contributed by atoms with van der Waals surface area (Å²) in [5, 5.41) is 12.9. The Bertz CT molecular complexity index is 1150. The van der Waals surface area contributed by atoms with Crippen molar-refractivity contribution in [2.75, 3.05) is 5.32 Å². The highest BCUT2D eigenvalue weighted by atomic mass is 32.2. The average molecular weight is 445 g/mol. The molecule has 0 fully saturated rings. The van der Waals surface area contributed by atoms with Gasteiger partial charge in [-0.25, -0.2) is 9.52 Å². The Hall–Kier alpha value is -2.32. The summed E-state index contributed by atoms with van der Waals surface area (Å²) in [5.41, 5.74) is 5.86. The van der Waals surface area contributed by atoms with Crippen molar-refractivity contribution in [3.05, 3.63) is 45.7 Å². The number of carbonyl (C=O) groups excluding carboxylic acids is 1. The van der Waals surface area contributed by atoms with E-state index in [-0.39, 0.29) is 10.5 Å². The first-order chi connectivity index (χ1) is 14.6. The van der Waals surface area contributed by atoms with Gasteiger partial charge < -0.3 is 14.8 Å². The highest BCUT2D eigenvalue weighted by Crippen LogP contribution is 2.43. The Morgan fingerprint density at radius 3 is 2.39 bits per heavy atom. The summed E-state index contributed by atoms with van der Waals surface area (Å²) in [5.74, 6) is 0.461. The molecule has 5 rings (SSSR count). The number of hydrogen-bond acceptors (Lipinski definition) is 5. The lowest BCUT2D eigenvalue weighted by Crippen LogP contribution is -2.34. The molecule has 3 N–H and O–H groups in total. The fourth-order valence-corrected chi connectivity index (χ4v) is 6.28. The van der Waals surface area contributed by atoms with Crippen LogP contribution >= 0.6 is 0 Å². The van der Waals surface area contributed by atoms with Crippen LogP contribution in [-0.4, -0.2) is 19.6 Å². The third-order valence-corrected chi connectivity index (χ3v) is 7.95. The number of aliphatic hydroxyl groups excluding tert-OH is 1. The molecule has 0 spiro atoms.